The minimum absolute atomic E-state index is 0.0330. The van der Waals surface area contributed by atoms with Crippen LogP contribution in [0, 0.1) is 0 Å². The summed E-state index contributed by atoms with van der Waals surface area (Å²) < 4.78 is 11.1. The van der Waals surface area contributed by atoms with Crippen molar-refractivity contribution in [1.82, 2.24) is 0 Å². The van der Waals surface area contributed by atoms with Gasteiger partial charge < -0.3 is 9.47 Å². The van der Waals surface area contributed by atoms with Crippen molar-refractivity contribution in [3.8, 4) is 0 Å². The summed E-state index contributed by atoms with van der Waals surface area (Å²) in [7, 11) is 0. The fourth-order valence-electron chi connectivity index (χ4n) is 1.94. The van der Waals surface area contributed by atoms with Crippen molar-refractivity contribution in [1.29, 1.82) is 0 Å². The first kappa shape index (κ1) is 13.7. The first-order valence-corrected chi connectivity index (χ1v) is 6.81. The third-order valence-electron chi connectivity index (χ3n) is 2.97. The van der Waals surface area contributed by atoms with Gasteiger partial charge in [-0.25, -0.2) is 0 Å². The maximum Gasteiger partial charge on any atom is 0.158 e. The number of hydrogen-bond acceptors (Lipinski definition) is 2. The maximum atomic E-state index is 5.54. The monoisotopic (exact) mass is 226 g/mol. The Labute approximate surface area is 100 Å². The van der Waals surface area contributed by atoms with Gasteiger partial charge in [0.2, 0.25) is 0 Å². The van der Waals surface area contributed by atoms with Gasteiger partial charge in [-0.2, -0.15) is 0 Å². The molecule has 0 aliphatic carbocycles. The van der Waals surface area contributed by atoms with E-state index < -0.39 is 0 Å². The van der Waals surface area contributed by atoms with Crippen molar-refractivity contribution in [3.05, 3.63) is 12.2 Å². The Kier molecular flexibility index (Phi) is 8.45. The van der Waals surface area contributed by atoms with Crippen molar-refractivity contribution in [2.24, 2.45) is 0 Å². The molecule has 0 saturated carbocycles. The lowest BCUT2D eigenvalue weighted by Crippen LogP contribution is -2.15. The smallest absolute Gasteiger partial charge is 0.158 e. The molecule has 2 nitrogen and oxygen atoms in total. The number of ether oxygens (including phenoxy) is 2. The van der Waals surface area contributed by atoms with Crippen molar-refractivity contribution >= 4 is 0 Å². The second-order valence-electron chi connectivity index (χ2n) is 4.48. The second kappa shape index (κ2) is 9.86. The van der Waals surface area contributed by atoms with Crippen molar-refractivity contribution in [2.45, 2.75) is 64.6 Å². The standard InChI is InChI=1S/C14H26O2/c1-2-3-4-5-6-7-8-11-14-15-12-9-10-13-16-14/h9-10,14H,2-8,11-13H2,1H3. The SMILES string of the molecule is CCCCCCCCCC1OCC=CCO1. The van der Waals surface area contributed by atoms with Gasteiger partial charge in [0, 0.05) is 0 Å². The van der Waals surface area contributed by atoms with E-state index in [1.807, 2.05) is 12.2 Å². The predicted molar refractivity (Wildman–Crippen MR) is 67.4 cm³/mol. The first-order valence-electron chi connectivity index (χ1n) is 6.81. The molecular formula is C14H26O2. The van der Waals surface area contributed by atoms with Gasteiger partial charge in [-0.3, -0.25) is 0 Å². The lowest BCUT2D eigenvalue weighted by atomic mass is 10.1. The lowest BCUT2D eigenvalue weighted by molar-refractivity contribution is -0.126. The summed E-state index contributed by atoms with van der Waals surface area (Å²) in [5, 5.41) is 0. The normalized spacial score (nSPS) is 17.6. The zero-order chi connectivity index (χ0) is 11.5. The molecule has 0 fully saturated rings. The number of hydrogen-bond donors (Lipinski definition) is 0. The Morgan fingerprint density at radius 3 is 2.06 bits per heavy atom. The molecule has 0 N–H and O–H groups in total. The fourth-order valence-corrected chi connectivity index (χ4v) is 1.94. The molecule has 0 aromatic heterocycles. The summed E-state index contributed by atoms with van der Waals surface area (Å²) in [6.45, 7) is 3.68. The molecule has 2 heteroatoms. The third kappa shape index (κ3) is 7.02. The highest BCUT2D eigenvalue weighted by Crippen LogP contribution is 2.13. The molecule has 0 spiro atoms. The van der Waals surface area contributed by atoms with Crippen LogP contribution in [-0.4, -0.2) is 19.5 Å². The first-order chi connectivity index (χ1) is 7.93. The highest BCUT2D eigenvalue weighted by molar-refractivity contribution is 4.83. The summed E-state index contributed by atoms with van der Waals surface area (Å²) in [6.07, 6.45) is 14.6. The van der Waals surface area contributed by atoms with Gasteiger partial charge in [0.05, 0.1) is 13.2 Å². The van der Waals surface area contributed by atoms with Crippen molar-refractivity contribution < 1.29 is 9.47 Å². The Morgan fingerprint density at radius 1 is 0.875 bits per heavy atom. The highest BCUT2D eigenvalue weighted by atomic mass is 16.7. The molecule has 0 aromatic rings. The summed E-state index contributed by atoms with van der Waals surface area (Å²) in [6, 6.07) is 0. The van der Waals surface area contributed by atoms with Gasteiger partial charge in [-0.15, -0.1) is 0 Å². The molecule has 0 aromatic carbocycles. The maximum absolute atomic E-state index is 5.54. The van der Waals surface area contributed by atoms with Crippen LogP contribution in [0.25, 0.3) is 0 Å². The van der Waals surface area contributed by atoms with Gasteiger partial charge in [0.1, 0.15) is 0 Å². The van der Waals surface area contributed by atoms with Crippen LogP contribution in [0.1, 0.15) is 58.3 Å². The van der Waals surface area contributed by atoms with Crippen LogP contribution in [0.5, 0.6) is 0 Å². The van der Waals surface area contributed by atoms with Crippen LogP contribution in [0.4, 0.5) is 0 Å². The molecule has 0 atom stereocenters. The molecule has 0 unspecified atom stereocenters. The van der Waals surface area contributed by atoms with Gasteiger partial charge in [0.25, 0.3) is 0 Å². The molecule has 1 heterocycles. The Hall–Kier alpha value is -0.340. The fraction of sp³-hybridized carbons (Fsp3) is 0.857. The minimum atomic E-state index is 0.0330. The lowest BCUT2D eigenvalue weighted by Gasteiger charge is -2.14. The van der Waals surface area contributed by atoms with Gasteiger partial charge in [-0.05, 0) is 12.8 Å². The van der Waals surface area contributed by atoms with Crippen LogP contribution in [-0.2, 0) is 9.47 Å². The van der Waals surface area contributed by atoms with E-state index in [0.29, 0.717) is 13.2 Å². The van der Waals surface area contributed by atoms with E-state index in [2.05, 4.69) is 6.92 Å². The molecule has 1 rings (SSSR count). The van der Waals surface area contributed by atoms with E-state index >= 15 is 0 Å². The van der Waals surface area contributed by atoms with Gasteiger partial charge in [-0.1, -0.05) is 57.6 Å². The minimum Gasteiger partial charge on any atom is -0.349 e. The van der Waals surface area contributed by atoms with Crippen molar-refractivity contribution in [2.75, 3.05) is 13.2 Å². The highest BCUT2D eigenvalue weighted by Gasteiger charge is 2.09. The molecule has 0 radical (unpaired) electrons. The number of unbranched alkanes of at least 4 members (excludes halogenated alkanes) is 6. The van der Waals surface area contributed by atoms with Crippen LogP contribution in [0.2, 0.25) is 0 Å². The zero-order valence-corrected chi connectivity index (χ0v) is 10.6. The molecule has 1 aliphatic rings. The van der Waals surface area contributed by atoms with E-state index in [1.54, 1.807) is 0 Å². The van der Waals surface area contributed by atoms with Gasteiger partial charge >= 0.3 is 0 Å². The van der Waals surface area contributed by atoms with Crippen LogP contribution in [0.3, 0.4) is 0 Å². The quantitative estimate of drug-likeness (QED) is 0.459. The molecule has 0 saturated heterocycles. The molecule has 16 heavy (non-hydrogen) atoms. The predicted octanol–water partition coefficient (Wildman–Crippen LogP) is 4.06. The molecule has 1 aliphatic heterocycles. The van der Waals surface area contributed by atoms with E-state index in [9.17, 15) is 0 Å². The summed E-state index contributed by atoms with van der Waals surface area (Å²) in [4.78, 5) is 0. The topological polar surface area (TPSA) is 18.5 Å². The van der Waals surface area contributed by atoms with E-state index in [-0.39, 0.29) is 6.29 Å². The third-order valence-corrected chi connectivity index (χ3v) is 2.97. The van der Waals surface area contributed by atoms with Crippen LogP contribution < -0.4 is 0 Å². The van der Waals surface area contributed by atoms with Gasteiger partial charge in [0.15, 0.2) is 6.29 Å². The largest absolute Gasteiger partial charge is 0.349 e. The average Bonchev–Trinajstić information content (AvgIpc) is 2.56. The zero-order valence-electron chi connectivity index (χ0n) is 10.6. The number of rotatable bonds is 8. The molecule has 0 amide bonds. The molecular weight excluding hydrogens is 200 g/mol. The van der Waals surface area contributed by atoms with E-state index in [0.717, 1.165) is 6.42 Å². The van der Waals surface area contributed by atoms with Crippen LogP contribution >= 0.6 is 0 Å². The summed E-state index contributed by atoms with van der Waals surface area (Å²) >= 11 is 0. The Balaban J connectivity index is 1.86. The molecule has 0 bridgehead atoms. The average molecular weight is 226 g/mol. The van der Waals surface area contributed by atoms with Crippen molar-refractivity contribution in [3.63, 3.8) is 0 Å². The Morgan fingerprint density at radius 2 is 1.44 bits per heavy atom. The molecule has 94 valence electrons. The van der Waals surface area contributed by atoms with E-state index in [4.69, 9.17) is 9.47 Å². The summed E-state index contributed by atoms with van der Waals surface area (Å²) in [5.74, 6) is 0. The van der Waals surface area contributed by atoms with Crippen LogP contribution in [0.15, 0.2) is 12.2 Å². The van der Waals surface area contributed by atoms with E-state index in [1.165, 1.54) is 44.9 Å². The summed E-state index contributed by atoms with van der Waals surface area (Å²) in [5.41, 5.74) is 0. The Bertz CT molecular complexity index is 168. The second-order valence-corrected chi connectivity index (χ2v) is 4.48.